The van der Waals surface area contributed by atoms with Crippen LogP contribution in [0.3, 0.4) is 0 Å². The smallest absolute Gasteiger partial charge is 0.262 e. The zero-order valence-corrected chi connectivity index (χ0v) is 16.3. The second-order valence-electron chi connectivity index (χ2n) is 6.23. The number of carbonyl (C=O) groups is 2. The van der Waals surface area contributed by atoms with E-state index in [0.717, 1.165) is 31.3 Å². The molecular formula is C17H21ClN4O3S. The maximum Gasteiger partial charge on any atom is 0.262 e. The van der Waals surface area contributed by atoms with Gasteiger partial charge in [-0.15, -0.1) is 0 Å². The molecule has 26 heavy (non-hydrogen) atoms. The largest absolute Gasteiger partial charge is 0.495 e. The molecule has 0 radical (unpaired) electrons. The number of halogens is 1. The second kappa shape index (κ2) is 8.28. The van der Waals surface area contributed by atoms with E-state index < -0.39 is 5.25 Å². The van der Waals surface area contributed by atoms with Gasteiger partial charge in [0.2, 0.25) is 5.91 Å². The Morgan fingerprint density at radius 3 is 2.77 bits per heavy atom. The molecule has 0 saturated carbocycles. The van der Waals surface area contributed by atoms with Gasteiger partial charge in [-0.3, -0.25) is 9.59 Å². The first kappa shape index (κ1) is 19.0. The highest BCUT2D eigenvalue weighted by molar-refractivity contribution is 8.15. The number of nitrogens with one attached hydrogen (secondary N) is 1. The van der Waals surface area contributed by atoms with Crippen LogP contribution in [0.15, 0.2) is 23.2 Å². The van der Waals surface area contributed by atoms with Crippen molar-refractivity contribution in [3.8, 4) is 5.75 Å². The van der Waals surface area contributed by atoms with Gasteiger partial charge in [0.15, 0.2) is 5.17 Å². The summed E-state index contributed by atoms with van der Waals surface area (Å²) in [5.41, 5.74) is 0.566. The number of amidine groups is 1. The number of anilines is 1. The number of amides is 2. The minimum atomic E-state index is -0.474. The molecule has 140 valence electrons. The highest BCUT2D eigenvalue weighted by Gasteiger charge is 2.33. The molecule has 7 nitrogen and oxygen atoms in total. The van der Waals surface area contributed by atoms with Crippen molar-refractivity contribution in [1.29, 1.82) is 0 Å². The van der Waals surface area contributed by atoms with Gasteiger partial charge in [0.1, 0.15) is 11.0 Å². The fraction of sp³-hybridized carbons (Fsp3) is 0.471. The van der Waals surface area contributed by atoms with Gasteiger partial charge in [-0.1, -0.05) is 23.4 Å². The number of hydrogen-bond donors (Lipinski definition) is 1. The number of rotatable bonds is 4. The van der Waals surface area contributed by atoms with Crippen LogP contribution >= 0.6 is 23.4 Å². The fourth-order valence-corrected chi connectivity index (χ4v) is 4.14. The summed E-state index contributed by atoms with van der Waals surface area (Å²) in [6.45, 7) is 3.58. The lowest BCUT2D eigenvalue weighted by atomic mass is 10.2. The maximum absolute atomic E-state index is 12.3. The second-order valence-corrected chi connectivity index (χ2v) is 7.81. The van der Waals surface area contributed by atoms with Crippen molar-refractivity contribution in [2.24, 2.45) is 4.99 Å². The third-order valence-electron chi connectivity index (χ3n) is 4.31. The quantitative estimate of drug-likeness (QED) is 0.838. The van der Waals surface area contributed by atoms with E-state index in [9.17, 15) is 9.59 Å². The van der Waals surface area contributed by atoms with Gasteiger partial charge in [-0.05, 0) is 25.2 Å². The number of thioether (sulfide) groups is 1. The van der Waals surface area contributed by atoms with Crippen LogP contribution in [0.1, 0.15) is 6.42 Å². The molecule has 1 aromatic carbocycles. The molecule has 3 rings (SSSR count). The Labute approximate surface area is 161 Å². The first-order valence-corrected chi connectivity index (χ1v) is 9.58. The number of nitrogens with zero attached hydrogens (tertiary/aromatic N) is 3. The maximum atomic E-state index is 12.3. The molecule has 2 aliphatic heterocycles. The van der Waals surface area contributed by atoms with Gasteiger partial charge < -0.3 is 19.9 Å². The Kier molecular flexibility index (Phi) is 6.05. The van der Waals surface area contributed by atoms with Gasteiger partial charge in [0.25, 0.3) is 5.91 Å². The van der Waals surface area contributed by atoms with Crippen molar-refractivity contribution in [2.75, 3.05) is 45.7 Å². The van der Waals surface area contributed by atoms with Crippen LogP contribution in [0.25, 0.3) is 0 Å². The average molecular weight is 397 g/mol. The number of aliphatic imine (C=N–C) groups is 1. The molecule has 0 unspecified atom stereocenters. The summed E-state index contributed by atoms with van der Waals surface area (Å²) in [4.78, 5) is 32.9. The molecule has 2 aliphatic rings. The summed E-state index contributed by atoms with van der Waals surface area (Å²) in [6, 6.07) is 5.01. The van der Waals surface area contributed by atoms with Gasteiger partial charge in [-0.25, -0.2) is 0 Å². The number of ether oxygens (including phenoxy) is 1. The van der Waals surface area contributed by atoms with E-state index in [0.29, 0.717) is 16.5 Å². The monoisotopic (exact) mass is 396 g/mol. The normalized spacial score (nSPS) is 20.9. The van der Waals surface area contributed by atoms with E-state index >= 15 is 0 Å². The van der Waals surface area contributed by atoms with Crippen molar-refractivity contribution >= 4 is 46.0 Å². The predicted molar refractivity (Wildman–Crippen MR) is 104 cm³/mol. The number of carbonyl (C=O) groups excluding carboxylic acids is 2. The molecule has 0 aromatic heterocycles. The minimum absolute atomic E-state index is 0.0773. The fourth-order valence-electron chi connectivity index (χ4n) is 2.77. The summed E-state index contributed by atoms with van der Waals surface area (Å²) < 4.78 is 5.09. The molecule has 9 heteroatoms. The number of benzene rings is 1. The van der Waals surface area contributed by atoms with E-state index in [2.05, 4.69) is 27.2 Å². The highest BCUT2D eigenvalue weighted by atomic mass is 35.5. The minimum Gasteiger partial charge on any atom is -0.495 e. The summed E-state index contributed by atoms with van der Waals surface area (Å²) in [6.07, 6.45) is 0.0773. The lowest BCUT2D eigenvalue weighted by molar-refractivity contribution is -0.121. The molecule has 2 heterocycles. The molecule has 1 atom stereocenters. The summed E-state index contributed by atoms with van der Waals surface area (Å²) in [5, 5.41) is 3.44. The Balaban J connectivity index is 1.54. The zero-order chi connectivity index (χ0) is 18.7. The van der Waals surface area contributed by atoms with Crippen molar-refractivity contribution in [3.63, 3.8) is 0 Å². The SMILES string of the molecule is COc1ccc(NC(=O)C[C@@H]2SC(N3CCN(C)CC3)=NC2=O)cc1Cl. The third-order valence-corrected chi connectivity index (χ3v) is 5.82. The molecule has 0 bridgehead atoms. The van der Waals surface area contributed by atoms with Crippen LogP contribution in [-0.2, 0) is 9.59 Å². The number of hydrogen-bond acceptors (Lipinski definition) is 6. The van der Waals surface area contributed by atoms with E-state index in [1.54, 1.807) is 18.2 Å². The standard InChI is InChI=1S/C17H21ClN4O3S/c1-21-5-7-22(8-6-21)17-20-16(24)14(26-17)10-15(23)19-11-3-4-13(25-2)12(18)9-11/h3-4,9,14H,5-8,10H2,1-2H3,(H,19,23)/t14-/m0/s1. The zero-order valence-electron chi connectivity index (χ0n) is 14.7. The average Bonchev–Trinajstić information content (AvgIpc) is 2.96. The lowest BCUT2D eigenvalue weighted by Gasteiger charge is -2.33. The van der Waals surface area contributed by atoms with Crippen molar-refractivity contribution in [2.45, 2.75) is 11.7 Å². The summed E-state index contributed by atoms with van der Waals surface area (Å²) in [7, 11) is 3.60. The number of methoxy groups -OCH3 is 1. The summed E-state index contributed by atoms with van der Waals surface area (Å²) >= 11 is 7.44. The Hall–Kier alpha value is -1.77. The van der Waals surface area contributed by atoms with Gasteiger partial charge in [-0.2, -0.15) is 4.99 Å². The topological polar surface area (TPSA) is 74.2 Å². The van der Waals surface area contributed by atoms with Gasteiger partial charge in [0, 0.05) is 38.3 Å². The molecule has 0 aliphatic carbocycles. The number of piperazine rings is 1. The molecule has 1 saturated heterocycles. The van der Waals surface area contributed by atoms with Crippen LogP contribution in [0.4, 0.5) is 5.69 Å². The molecule has 1 N–H and O–H groups in total. The molecule has 1 aromatic rings. The van der Waals surface area contributed by atoms with Gasteiger partial charge >= 0.3 is 0 Å². The third kappa shape index (κ3) is 4.49. The predicted octanol–water partition coefficient (Wildman–Crippen LogP) is 1.92. The Morgan fingerprint density at radius 1 is 1.38 bits per heavy atom. The highest BCUT2D eigenvalue weighted by Crippen LogP contribution is 2.29. The number of likely N-dealkylation sites (N-methyl/N-ethyl adjacent to an activating group) is 1. The molecule has 2 amide bonds. The van der Waals surface area contributed by atoms with Crippen molar-refractivity contribution in [1.82, 2.24) is 9.80 Å². The van der Waals surface area contributed by atoms with E-state index in [-0.39, 0.29) is 18.2 Å². The van der Waals surface area contributed by atoms with Gasteiger partial charge in [0.05, 0.1) is 12.1 Å². The molecular weight excluding hydrogens is 376 g/mol. The first-order chi connectivity index (χ1) is 12.5. The first-order valence-electron chi connectivity index (χ1n) is 8.32. The van der Waals surface area contributed by atoms with Crippen LogP contribution in [0.5, 0.6) is 5.75 Å². The van der Waals surface area contributed by atoms with Crippen molar-refractivity contribution < 1.29 is 14.3 Å². The van der Waals surface area contributed by atoms with E-state index in [1.165, 1.54) is 18.9 Å². The van der Waals surface area contributed by atoms with Crippen molar-refractivity contribution in [3.05, 3.63) is 23.2 Å². The van der Waals surface area contributed by atoms with E-state index in [4.69, 9.17) is 16.3 Å². The lowest BCUT2D eigenvalue weighted by Crippen LogP contribution is -2.46. The molecule has 0 spiro atoms. The van der Waals surface area contributed by atoms with E-state index in [1.807, 2.05) is 0 Å². The van der Waals surface area contributed by atoms with Crippen LogP contribution < -0.4 is 10.1 Å². The Bertz CT molecular complexity index is 735. The van der Waals surface area contributed by atoms with Crippen LogP contribution in [-0.4, -0.2) is 72.4 Å². The Morgan fingerprint density at radius 2 is 2.12 bits per heavy atom. The van der Waals surface area contributed by atoms with Crippen LogP contribution in [0, 0.1) is 0 Å². The summed E-state index contributed by atoms with van der Waals surface area (Å²) in [5.74, 6) is 0.0511. The van der Waals surface area contributed by atoms with Crippen LogP contribution in [0.2, 0.25) is 5.02 Å². The molecule has 1 fully saturated rings.